The number of aromatic carboxylic acids is 1. The minimum atomic E-state index is -1.13. The van der Waals surface area contributed by atoms with Gasteiger partial charge in [-0.15, -0.1) is 0 Å². The molecular weight excluding hydrogens is 278 g/mol. The molecule has 0 aliphatic rings. The maximum atomic E-state index is 10.8. The van der Waals surface area contributed by atoms with Crippen LogP contribution in [-0.4, -0.2) is 23.2 Å². The summed E-state index contributed by atoms with van der Waals surface area (Å²) < 4.78 is 10.6. The number of carbonyl (C=O) groups is 1. The molecule has 94 valence electrons. The molecule has 18 heavy (non-hydrogen) atoms. The monoisotopic (exact) mass is 285 g/mol. The lowest BCUT2D eigenvalue weighted by Crippen LogP contribution is -1.91. The van der Waals surface area contributed by atoms with Gasteiger partial charge in [0.05, 0.1) is 7.11 Å². The first-order chi connectivity index (χ1) is 8.61. The largest absolute Gasteiger partial charge is 0.493 e. The number of hydrogen-bond donors (Lipinski definition) is 1. The number of rotatable bonds is 4. The van der Waals surface area contributed by atoms with Crippen molar-refractivity contribution in [3.8, 4) is 16.7 Å². The molecule has 0 bridgehead atoms. The van der Waals surface area contributed by atoms with Gasteiger partial charge >= 0.3 is 5.97 Å². The quantitative estimate of drug-likeness (QED) is 0.933. The van der Waals surface area contributed by atoms with Crippen molar-refractivity contribution in [1.82, 2.24) is 4.98 Å². The molecule has 0 unspecified atom stereocenters. The van der Waals surface area contributed by atoms with Crippen LogP contribution in [0.3, 0.4) is 0 Å². The Hall–Kier alpha value is -1.79. The first-order valence-corrected chi connectivity index (χ1v) is 6.01. The topological polar surface area (TPSA) is 68.7 Å². The smallest absolute Gasteiger partial charge is 0.349 e. The second-order valence-electron chi connectivity index (χ2n) is 3.16. The van der Waals surface area contributed by atoms with Gasteiger partial charge in [-0.1, -0.05) is 35.1 Å². The molecule has 0 aliphatic heterocycles. The summed E-state index contributed by atoms with van der Waals surface area (Å²) in [4.78, 5) is 14.6. The molecule has 0 spiro atoms. The van der Waals surface area contributed by atoms with E-state index >= 15 is 0 Å². The summed E-state index contributed by atoms with van der Waals surface area (Å²) in [5.41, 5.74) is 0. The van der Waals surface area contributed by atoms with E-state index in [1.807, 2.05) is 0 Å². The SMILES string of the molecule is COc1ccccc1Oc1nc(Cl)c(C(=O)O)s1. The van der Waals surface area contributed by atoms with Crippen LogP contribution in [0.25, 0.3) is 0 Å². The van der Waals surface area contributed by atoms with Crippen molar-refractivity contribution in [3.05, 3.63) is 34.3 Å². The first-order valence-electron chi connectivity index (χ1n) is 4.82. The van der Waals surface area contributed by atoms with E-state index < -0.39 is 5.97 Å². The van der Waals surface area contributed by atoms with Crippen LogP contribution >= 0.6 is 22.9 Å². The molecule has 5 nitrogen and oxygen atoms in total. The van der Waals surface area contributed by atoms with Crippen LogP contribution in [0, 0.1) is 0 Å². The number of para-hydroxylation sites is 2. The lowest BCUT2D eigenvalue weighted by molar-refractivity contribution is 0.0702. The molecule has 1 aromatic carbocycles. The van der Waals surface area contributed by atoms with Crippen LogP contribution in [0.4, 0.5) is 0 Å². The van der Waals surface area contributed by atoms with Gasteiger partial charge in [0.2, 0.25) is 0 Å². The van der Waals surface area contributed by atoms with Crippen molar-refractivity contribution in [3.63, 3.8) is 0 Å². The van der Waals surface area contributed by atoms with Crippen LogP contribution in [0.2, 0.25) is 5.15 Å². The second kappa shape index (κ2) is 5.24. The number of carboxylic acid groups (broad SMARTS) is 1. The van der Waals surface area contributed by atoms with Gasteiger partial charge in [0.15, 0.2) is 21.5 Å². The Morgan fingerprint density at radius 2 is 2.06 bits per heavy atom. The highest BCUT2D eigenvalue weighted by atomic mass is 35.5. The van der Waals surface area contributed by atoms with Gasteiger partial charge < -0.3 is 14.6 Å². The van der Waals surface area contributed by atoms with Crippen LogP contribution in [-0.2, 0) is 0 Å². The zero-order valence-corrected chi connectivity index (χ0v) is 10.8. The molecule has 1 N–H and O–H groups in total. The lowest BCUT2D eigenvalue weighted by Gasteiger charge is -2.06. The van der Waals surface area contributed by atoms with E-state index in [0.717, 1.165) is 11.3 Å². The summed E-state index contributed by atoms with van der Waals surface area (Å²) in [5, 5.41) is 8.92. The average Bonchev–Trinajstić information content (AvgIpc) is 2.71. The van der Waals surface area contributed by atoms with Gasteiger partial charge in [-0.3, -0.25) is 0 Å². The van der Waals surface area contributed by atoms with Gasteiger partial charge in [-0.25, -0.2) is 4.79 Å². The van der Waals surface area contributed by atoms with E-state index in [9.17, 15) is 4.79 Å². The van der Waals surface area contributed by atoms with Crippen molar-refractivity contribution in [2.75, 3.05) is 7.11 Å². The average molecular weight is 286 g/mol. The predicted molar refractivity (Wildman–Crippen MR) is 67.2 cm³/mol. The van der Waals surface area contributed by atoms with Crippen molar-refractivity contribution in [2.45, 2.75) is 0 Å². The lowest BCUT2D eigenvalue weighted by atomic mass is 10.3. The Balaban J connectivity index is 2.29. The number of methoxy groups -OCH3 is 1. The highest BCUT2D eigenvalue weighted by Gasteiger charge is 2.17. The van der Waals surface area contributed by atoms with E-state index in [1.54, 1.807) is 24.3 Å². The van der Waals surface area contributed by atoms with Crippen molar-refractivity contribution in [2.24, 2.45) is 0 Å². The molecule has 0 radical (unpaired) electrons. The number of benzene rings is 1. The molecule has 0 amide bonds. The fraction of sp³-hybridized carbons (Fsp3) is 0.0909. The standard InChI is InChI=1S/C11H8ClNO4S/c1-16-6-4-2-3-5-7(6)17-11-13-9(12)8(18-11)10(14)15/h2-5H,1H3,(H,14,15). The van der Waals surface area contributed by atoms with Gasteiger partial charge in [0.1, 0.15) is 0 Å². The van der Waals surface area contributed by atoms with E-state index in [-0.39, 0.29) is 15.2 Å². The highest BCUT2D eigenvalue weighted by Crippen LogP contribution is 2.35. The first kappa shape index (κ1) is 12.7. The van der Waals surface area contributed by atoms with Crippen molar-refractivity contribution in [1.29, 1.82) is 0 Å². The minimum Gasteiger partial charge on any atom is -0.493 e. The normalized spacial score (nSPS) is 10.1. The number of halogens is 1. The number of nitrogens with zero attached hydrogens (tertiary/aromatic N) is 1. The third kappa shape index (κ3) is 2.55. The predicted octanol–water partition coefficient (Wildman–Crippen LogP) is 3.30. The Kier molecular flexibility index (Phi) is 3.69. The Morgan fingerprint density at radius 3 is 2.61 bits per heavy atom. The fourth-order valence-corrected chi connectivity index (χ4v) is 2.24. The van der Waals surface area contributed by atoms with Gasteiger partial charge in [0.25, 0.3) is 5.19 Å². The van der Waals surface area contributed by atoms with Gasteiger partial charge in [-0.2, -0.15) is 4.98 Å². The van der Waals surface area contributed by atoms with Crippen LogP contribution in [0.5, 0.6) is 16.7 Å². The third-order valence-electron chi connectivity index (χ3n) is 2.03. The number of carboxylic acids is 1. The van der Waals surface area contributed by atoms with Crippen LogP contribution < -0.4 is 9.47 Å². The fourth-order valence-electron chi connectivity index (χ4n) is 1.26. The molecule has 0 atom stereocenters. The molecule has 2 aromatic rings. The molecule has 0 aliphatic carbocycles. The van der Waals surface area contributed by atoms with E-state index in [4.69, 9.17) is 26.2 Å². The molecule has 1 aromatic heterocycles. The second-order valence-corrected chi connectivity index (χ2v) is 4.48. The van der Waals surface area contributed by atoms with E-state index in [2.05, 4.69) is 4.98 Å². The molecule has 0 saturated heterocycles. The summed E-state index contributed by atoms with van der Waals surface area (Å²) in [5.74, 6) is -0.157. The van der Waals surface area contributed by atoms with Gasteiger partial charge in [0, 0.05) is 0 Å². The Labute approximate surface area is 112 Å². The highest BCUT2D eigenvalue weighted by molar-refractivity contribution is 7.15. The Morgan fingerprint density at radius 1 is 1.39 bits per heavy atom. The number of ether oxygens (including phenoxy) is 2. The van der Waals surface area contributed by atoms with Crippen LogP contribution in [0.15, 0.2) is 24.3 Å². The third-order valence-corrected chi connectivity index (χ3v) is 3.33. The summed E-state index contributed by atoms with van der Waals surface area (Å²) in [7, 11) is 1.51. The minimum absolute atomic E-state index is 0.0541. The van der Waals surface area contributed by atoms with Crippen molar-refractivity contribution < 1.29 is 19.4 Å². The maximum Gasteiger partial charge on any atom is 0.349 e. The van der Waals surface area contributed by atoms with Crippen LogP contribution in [0.1, 0.15) is 9.67 Å². The number of hydrogen-bond acceptors (Lipinski definition) is 5. The van der Waals surface area contributed by atoms with Crippen molar-refractivity contribution >= 4 is 28.9 Å². The molecule has 7 heteroatoms. The summed E-state index contributed by atoms with van der Waals surface area (Å²) in [6.45, 7) is 0. The zero-order chi connectivity index (χ0) is 13.1. The molecule has 0 saturated carbocycles. The molecular formula is C11H8ClNO4S. The molecule has 2 rings (SSSR count). The molecule has 0 fully saturated rings. The number of aromatic nitrogens is 1. The molecule has 1 heterocycles. The van der Waals surface area contributed by atoms with Gasteiger partial charge in [-0.05, 0) is 12.1 Å². The Bertz CT molecular complexity index is 584. The summed E-state index contributed by atoms with van der Waals surface area (Å²) in [6, 6.07) is 6.98. The summed E-state index contributed by atoms with van der Waals surface area (Å²) in [6.07, 6.45) is 0. The number of thiazole rings is 1. The maximum absolute atomic E-state index is 10.8. The zero-order valence-electron chi connectivity index (χ0n) is 9.21. The van der Waals surface area contributed by atoms with E-state index in [0.29, 0.717) is 11.5 Å². The summed E-state index contributed by atoms with van der Waals surface area (Å²) >= 11 is 6.55. The van der Waals surface area contributed by atoms with E-state index in [1.165, 1.54) is 7.11 Å².